The van der Waals surface area contributed by atoms with E-state index in [4.69, 9.17) is 0 Å². The molecule has 0 saturated carbocycles. The lowest BCUT2D eigenvalue weighted by Crippen LogP contribution is -2.28. The summed E-state index contributed by atoms with van der Waals surface area (Å²) in [6.45, 7) is 0.703. The van der Waals surface area contributed by atoms with Gasteiger partial charge in [0.15, 0.2) is 0 Å². The molecule has 0 unspecified atom stereocenters. The number of aromatic amines is 1. The van der Waals surface area contributed by atoms with Crippen molar-refractivity contribution >= 4 is 20.9 Å². The van der Waals surface area contributed by atoms with E-state index in [0.29, 0.717) is 13.1 Å². The lowest BCUT2D eigenvalue weighted by Gasteiger charge is -2.17. The Kier molecular flexibility index (Phi) is 3.25. The third-order valence-corrected chi connectivity index (χ3v) is 5.58. The number of hydrogen-bond donors (Lipinski definition) is 1. The monoisotopic (exact) mass is 318 g/mol. The van der Waals surface area contributed by atoms with Crippen LogP contribution in [0.25, 0.3) is 10.9 Å². The van der Waals surface area contributed by atoms with Crippen molar-refractivity contribution in [3.63, 3.8) is 0 Å². The molecule has 3 rings (SSSR count). The number of sulfonamides is 1. The molecule has 0 radical (unpaired) electrons. The minimum absolute atomic E-state index is 0.169. The molecule has 1 saturated heterocycles. The molecule has 1 fully saturated rings. The minimum atomic E-state index is -4.59. The molecule has 1 aliphatic heterocycles. The molecule has 1 aliphatic rings. The quantitative estimate of drug-likeness (QED) is 0.925. The number of alkyl halides is 3. The van der Waals surface area contributed by atoms with E-state index in [1.165, 1.54) is 16.6 Å². The van der Waals surface area contributed by atoms with E-state index in [1.54, 1.807) is 0 Å². The van der Waals surface area contributed by atoms with Crippen molar-refractivity contribution in [1.82, 2.24) is 9.29 Å². The Labute approximate surface area is 119 Å². The number of fused-ring (bicyclic) bond motifs is 1. The molecule has 0 atom stereocenters. The summed E-state index contributed by atoms with van der Waals surface area (Å²) in [6.07, 6.45) is -1.69. The molecule has 21 heavy (non-hydrogen) atoms. The van der Waals surface area contributed by atoms with Crippen LogP contribution in [0.15, 0.2) is 29.3 Å². The summed E-state index contributed by atoms with van der Waals surface area (Å²) in [5, 5.41) is 0.287. The van der Waals surface area contributed by atoms with Gasteiger partial charge in [0.1, 0.15) is 0 Å². The highest BCUT2D eigenvalue weighted by Gasteiger charge is 2.35. The Bertz CT molecular complexity index is 774. The maximum Gasteiger partial charge on any atom is 0.416 e. The average molecular weight is 318 g/mol. The van der Waals surface area contributed by atoms with Crippen molar-refractivity contribution in [2.24, 2.45) is 0 Å². The zero-order valence-corrected chi connectivity index (χ0v) is 11.8. The Balaban J connectivity index is 2.23. The summed E-state index contributed by atoms with van der Waals surface area (Å²) in [5.74, 6) is 0. The highest BCUT2D eigenvalue weighted by Crippen LogP contribution is 2.36. The second kappa shape index (κ2) is 4.74. The van der Waals surface area contributed by atoms with Crippen LogP contribution in [0.3, 0.4) is 0 Å². The first-order valence-corrected chi connectivity index (χ1v) is 7.92. The minimum Gasteiger partial charge on any atom is -0.361 e. The van der Waals surface area contributed by atoms with Crippen molar-refractivity contribution in [3.05, 3.63) is 30.0 Å². The summed E-state index contributed by atoms with van der Waals surface area (Å²) < 4.78 is 65.2. The van der Waals surface area contributed by atoms with E-state index in [-0.39, 0.29) is 15.8 Å². The van der Waals surface area contributed by atoms with Crippen LogP contribution < -0.4 is 0 Å². The van der Waals surface area contributed by atoms with Gasteiger partial charge in [0.2, 0.25) is 10.0 Å². The van der Waals surface area contributed by atoms with E-state index < -0.39 is 21.8 Å². The van der Waals surface area contributed by atoms with Crippen LogP contribution >= 0.6 is 0 Å². The van der Waals surface area contributed by atoms with Gasteiger partial charge in [-0.1, -0.05) is 0 Å². The molecular weight excluding hydrogens is 305 g/mol. The van der Waals surface area contributed by atoms with Gasteiger partial charge in [-0.2, -0.15) is 17.5 Å². The fraction of sp³-hybridized carbons (Fsp3) is 0.385. The molecule has 0 spiro atoms. The molecule has 1 aromatic carbocycles. The van der Waals surface area contributed by atoms with Crippen LogP contribution in [-0.2, 0) is 16.2 Å². The molecule has 4 nitrogen and oxygen atoms in total. The predicted molar refractivity (Wildman–Crippen MR) is 71.3 cm³/mol. The van der Waals surface area contributed by atoms with E-state index in [0.717, 1.165) is 25.0 Å². The van der Waals surface area contributed by atoms with Crippen LogP contribution in [0.2, 0.25) is 0 Å². The van der Waals surface area contributed by atoms with E-state index in [1.807, 2.05) is 0 Å². The molecule has 0 aliphatic carbocycles. The number of hydrogen-bond acceptors (Lipinski definition) is 2. The Hall–Kier alpha value is -1.54. The lowest BCUT2D eigenvalue weighted by molar-refractivity contribution is -0.137. The number of nitrogens with zero attached hydrogens (tertiary/aromatic N) is 1. The number of H-pyrrole nitrogens is 1. The van der Waals surface area contributed by atoms with Crippen LogP contribution in [0.5, 0.6) is 0 Å². The number of halogens is 3. The van der Waals surface area contributed by atoms with Crippen LogP contribution in [0.4, 0.5) is 13.2 Å². The molecule has 1 aromatic heterocycles. The third kappa shape index (κ3) is 2.42. The summed E-state index contributed by atoms with van der Waals surface area (Å²) in [4.78, 5) is 2.37. The molecule has 0 bridgehead atoms. The van der Waals surface area contributed by atoms with Gasteiger partial charge in [0, 0.05) is 30.2 Å². The molecule has 1 N–H and O–H groups in total. The van der Waals surface area contributed by atoms with Crippen molar-refractivity contribution in [2.45, 2.75) is 23.9 Å². The van der Waals surface area contributed by atoms with Gasteiger partial charge in [-0.05, 0) is 31.0 Å². The van der Waals surface area contributed by atoms with Gasteiger partial charge >= 0.3 is 6.18 Å². The number of nitrogens with one attached hydrogen (secondary N) is 1. The van der Waals surface area contributed by atoms with Crippen LogP contribution in [0.1, 0.15) is 18.4 Å². The van der Waals surface area contributed by atoms with Crippen molar-refractivity contribution in [1.29, 1.82) is 0 Å². The average Bonchev–Trinajstić information content (AvgIpc) is 3.07. The number of rotatable bonds is 2. The second-order valence-electron chi connectivity index (χ2n) is 5.02. The normalized spacial score (nSPS) is 17.7. The van der Waals surface area contributed by atoms with Crippen LogP contribution in [0, 0.1) is 0 Å². The maximum atomic E-state index is 12.9. The van der Waals surface area contributed by atoms with Crippen LogP contribution in [-0.4, -0.2) is 30.8 Å². The smallest absolute Gasteiger partial charge is 0.361 e. The van der Waals surface area contributed by atoms with E-state index in [2.05, 4.69) is 4.98 Å². The molecule has 114 valence electrons. The molecule has 2 aromatic rings. The molecule has 0 amide bonds. The first-order chi connectivity index (χ1) is 9.80. The van der Waals surface area contributed by atoms with Gasteiger partial charge in [-0.15, -0.1) is 0 Å². The fourth-order valence-electron chi connectivity index (χ4n) is 2.58. The predicted octanol–water partition coefficient (Wildman–Crippen LogP) is 2.97. The van der Waals surface area contributed by atoms with Crippen molar-refractivity contribution in [2.75, 3.05) is 13.1 Å². The summed E-state index contributed by atoms with van der Waals surface area (Å²) in [6, 6.07) is 3.14. The van der Waals surface area contributed by atoms with Gasteiger partial charge in [-0.25, -0.2) is 8.42 Å². The van der Waals surface area contributed by atoms with Crippen molar-refractivity contribution in [3.8, 4) is 0 Å². The van der Waals surface area contributed by atoms with Gasteiger partial charge in [0.25, 0.3) is 0 Å². The molecule has 2 heterocycles. The van der Waals surface area contributed by atoms with Crippen molar-refractivity contribution < 1.29 is 21.6 Å². The highest BCUT2D eigenvalue weighted by atomic mass is 32.2. The van der Waals surface area contributed by atoms with E-state index >= 15 is 0 Å². The first kappa shape index (κ1) is 14.4. The lowest BCUT2D eigenvalue weighted by atomic mass is 10.1. The third-order valence-electron chi connectivity index (χ3n) is 3.64. The Morgan fingerprint density at radius 1 is 1.14 bits per heavy atom. The summed E-state index contributed by atoms with van der Waals surface area (Å²) in [7, 11) is -3.90. The largest absolute Gasteiger partial charge is 0.416 e. The Morgan fingerprint density at radius 2 is 1.81 bits per heavy atom. The zero-order chi connectivity index (χ0) is 15.3. The number of aromatic nitrogens is 1. The molecular formula is C13H13F3N2O2S. The standard InChI is InChI=1S/C13H13F3N2O2S/c14-13(15,16)9-7-11-10(3-4-17-11)12(8-9)21(19,20)18-5-1-2-6-18/h3-4,7-8,17H,1-2,5-6H2. The Morgan fingerprint density at radius 3 is 2.43 bits per heavy atom. The topological polar surface area (TPSA) is 53.2 Å². The zero-order valence-electron chi connectivity index (χ0n) is 10.9. The van der Waals surface area contributed by atoms with Gasteiger partial charge < -0.3 is 4.98 Å². The number of benzene rings is 1. The fourth-order valence-corrected chi connectivity index (χ4v) is 4.33. The summed E-state index contributed by atoms with van der Waals surface area (Å²) in [5.41, 5.74) is -0.794. The summed E-state index contributed by atoms with van der Waals surface area (Å²) >= 11 is 0. The maximum absolute atomic E-state index is 12.9. The first-order valence-electron chi connectivity index (χ1n) is 6.48. The van der Waals surface area contributed by atoms with E-state index in [9.17, 15) is 21.6 Å². The second-order valence-corrected chi connectivity index (χ2v) is 6.93. The van der Waals surface area contributed by atoms with Gasteiger partial charge in [-0.3, -0.25) is 0 Å². The van der Waals surface area contributed by atoms with Gasteiger partial charge in [0.05, 0.1) is 10.5 Å². The molecule has 8 heteroatoms. The SMILES string of the molecule is O=S(=O)(c1cc(C(F)(F)F)cc2[nH]ccc12)N1CCCC1. The highest BCUT2D eigenvalue weighted by molar-refractivity contribution is 7.89.